The van der Waals surface area contributed by atoms with Crippen LogP contribution in [0.3, 0.4) is 0 Å². The van der Waals surface area contributed by atoms with Crippen molar-refractivity contribution in [3.05, 3.63) is 65.2 Å². The van der Waals surface area contributed by atoms with Crippen LogP contribution in [0.5, 0.6) is 17.2 Å². The van der Waals surface area contributed by atoms with Crippen LogP contribution in [-0.2, 0) is 16.4 Å². The highest BCUT2D eigenvalue weighted by Crippen LogP contribution is 2.39. The molecule has 4 rings (SSSR count). The summed E-state index contributed by atoms with van der Waals surface area (Å²) in [6.07, 6.45) is 1.77. The van der Waals surface area contributed by atoms with Crippen molar-refractivity contribution in [2.45, 2.75) is 30.8 Å². The lowest BCUT2D eigenvalue weighted by atomic mass is 10.0. The quantitative estimate of drug-likeness (QED) is 0.395. The summed E-state index contributed by atoms with van der Waals surface area (Å²) in [6, 6.07) is 15.8. The summed E-state index contributed by atoms with van der Waals surface area (Å²) < 4.78 is 47.0. The van der Waals surface area contributed by atoms with E-state index >= 15 is 0 Å². The number of methoxy groups -OCH3 is 2. The third kappa shape index (κ3) is 5.72. The fourth-order valence-electron chi connectivity index (χ4n) is 4.27. The zero-order valence-corrected chi connectivity index (χ0v) is 22.4. The van der Waals surface area contributed by atoms with E-state index in [1.165, 1.54) is 20.3 Å². The Kier molecular flexibility index (Phi) is 7.97. The van der Waals surface area contributed by atoms with Crippen molar-refractivity contribution >= 4 is 27.3 Å². The van der Waals surface area contributed by atoms with Crippen LogP contribution in [0.2, 0.25) is 5.02 Å². The van der Waals surface area contributed by atoms with Gasteiger partial charge in [0, 0.05) is 30.8 Å². The van der Waals surface area contributed by atoms with Gasteiger partial charge in [-0.2, -0.15) is 0 Å². The van der Waals surface area contributed by atoms with Gasteiger partial charge < -0.3 is 19.1 Å². The van der Waals surface area contributed by atoms with Crippen molar-refractivity contribution in [2.24, 2.45) is 0 Å². The van der Waals surface area contributed by atoms with E-state index in [4.69, 9.17) is 25.8 Å². The van der Waals surface area contributed by atoms with Gasteiger partial charge in [-0.3, -0.25) is 4.72 Å². The molecule has 0 aromatic heterocycles. The Labute approximate surface area is 218 Å². The van der Waals surface area contributed by atoms with Crippen LogP contribution in [-0.4, -0.2) is 53.8 Å². The number of nitrogens with one attached hydrogen (secondary N) is 1. The number of ether oxygens (including phenoxy) is 3. The van der Waals surface area contributed by atoms with Gasteiger partial charge in [-0.25, -0.2) is 8.42 Å². The molecule has 3 aromatic carbocycles. The normalized spacial score (nSPS) is 16.1. The van der Waals surface area contributed by atoms with Gasteiger partial charge in [0.05, 0.1) is 29.8 Å². The second kappa shape index (κ2) is 11.0. The van der Waals surface area contributed by atoms with E-state index in [-0.39, 0.29) is 11.0 Å². The zero-order chi connectivity index (χ0) is 25.9. The summed E-state index contributed by atoms with van der Waals surface area (Å²) in [5.74, 6) is 1.20. The summed E-state index contributed by atoms with van der Waals surface area (Å²) >= 11 is 6.36. The first kappa shape index (κ1) is 26.1. The monoisotopic (exact) mass is 530 g/mol. The highest BCUT2D eigenvalue weighted by molar-refractivity contribution is 7.92. The van der Waals surface area contributed by atoms with Gasteiger partial charge in [0.2, 0.25) is 0 Å². The van der Waals surface area contributed by atoms with Crippen LogP contribution < -0.4 is 18.9 Å². The van der Waals surface area contributed by atoms with Gasteiger partial charge in [0.25, 0.3) is 10.0 Å². The third-order valence-electron chi connectivity index (χ3n) is 6.27. The molecule has 1 atom stereocenters. The van der Waals surface area contributed by atoms with Gasteiger partial charge >= 0.3 is 0 Å². The number of nitrogens with zero attached hydrogens (tertiary/aromatic N) is 1. The van der Waals surface area contributed by atoms with Gasteiger partial charge in [0.1, 0.15) is 11.9 Å². The predicted molar refractivity (Wildman–Crippen MR) is 143 cm³/mol. The van der Waals surface area contributed by atoms with Crippen LogP contribution in [0, 0.1) is 0 Å². The number of anilines is 1. The Bertz CT molecular complexity index is 1330. The van der Waals surface area contributed by atoms with Gasteiger partial charge in [-0.15, -0.1) is 0 Å². The predicted octanol–water partition coefficient (Wildman–Crippen LogP) is 5.47. The second-order valence-electron chi connectivity index (χ2n) is 8.80. The van der Waals surface area contributed by atoms with Crippen molar-refractivity contribution < 1.29 is 22.6 Å². The molecule has 0 radical (unpaired) electrons. The molecule has 1 N–H and O–H groups in total. The molecule has 0 saturated carbocycles. The Balaban J connectivity index is 1.71. The third-order valence-corrected chi connectivity index (χ3v) is 8.01. The number of likely N-dealkylation sites (tertiary alicyclic amines) is 1. The number of rotatable bonds is 9. The maximum atomic E-state index is 13.7. The summed E-state index contributed by atoms with van der Waals surface area (Å²) in [5.41, 5.74) is 2.76. The summed E-state index contributed by atoms with van der Waals surface area (Å²) in [5, 5.41) is 0.426. The fraction of sp³-hybridized carbons (Fsp3) is 0.333. The molecular formula is C27H31ClN2O5S. The Morgan fingerprint density at radius 2 is 1.69 bits per heavy atom. The first-order chi connectivity index (χ1) is 17.2. The van der Waals surface area contributed by atoms with Crippen LogP contribution in [0.4, 0.5) is 5.69 Å². The van der Waals surface area contributed by atoms with E-state index in [9.17, 15) is 8.42 Å². The van der Waals surface area contributed by atoms with E-state index in [0.29, 0.717) is 33.5 Å². The molecule has 7 nitrogen and oxygen atoms in total. The minimum absolute atomic E-state index is 0.00269. The first-order valence-electron chi connectivity index (χ1n) is 11.8. The van der Waals surface area contributed by atoms with E-state index in [1.807, 2.05) is 31.3 Å². The average Bonchev–Trinajstić information content (AvgIpc) is 3.29. The molecule has 9 heteroatoms. The number of sulfonamides is 1. The van der Waals surface area contributed by atoms with E-state index in [1.54, 1.807) is 24.3 Å². The van der Waals surface area contributed by atoms with Crippen LogP contribution in [0.25, 0.3) is 11.1 Å². The van der Waals surface area contributed by atoms with Crippen LogP contribution in [0.1, 0.15) is 18.9 Å². The molecule has 0 amide bonds. The summed E-state index contributed by atoms with van der Waals surface area (Å²) in [4.78, 5) is 2.25. The molecule has 3 aromatic rings. The van der Waals surface area contributed by atoms with E-state index in [0.717, 1.165) is 37.1 Å². The molecule has 1 heterocycles. The van der Waals surface area contributed by atoms with Crippen molar-refractivity contribution in [2.75, 3.05) is 39.1 Å². The average molecular weight is 531 g/mol. The van der Waals surface area contributed by atoms with Gasteiger partial charge in [0.15, 0.2) is 11.5 Å². The van der Waals surface area contributed by atoms with E-state index < -0.39 is 10.0 Å². The van der Waals surface area contributed by atoms with E-state index in [2.05, 4.69) is 16.5 Å². The van der Waals surface area contributed by atoms with Crippen LogP contribution >= 0.6 is 11.6 Å². The highest BCUT2D eigenvalue weighted by Gasteiger charge is 2.25. The number of halogens is 1. The van der Waals surface area contributed by atoms with Crippen molar-refractivity contribution in [1.29, 1.82) is 0 Å². The maximum Gasteiger partial charge on any atom is 0.262 e. The lowest BCUT2D eigenvalue weighted by Gasteiger charge is -2.18. The molecule has 36 heavy (non-hydrogen) atoms. The molecule has 192 valence electrons. The summed E-state index contributed by atoms with van der Waals surface area (Å²) in [7, 11) is 1.00. The Morgan fingerprint density at radius 3 is 2.31 bits per heavy atom. The van der Waals surface area contributed by atoms with Crippen molar-refractivity contribution in [1.82, 2.24) is 4.90 Å². The number of benzene rings is 3. The molecule has 0 bridgehead atoms. The molecular weight excluding hydrogens is 500 g/mol. The molecule has 0 spiro atoms. The maximum absolute atomic E-state index is 13.7. The molecule has 1 saturated heterocycles. The standard InChI is InChI=1S/C27H31ClN2O5S/c1-5-18-6-8-19(9-7-18)22-15-25(33-3)26(34-4)16-27(22)36(31,32)29-20-10-11-23(28)24(14-20)35-21-12-13-30(2)17-21/h6-11,14-16,21,29H,5,12-13,17H2,1-4H3/t21-/m1/s1. The molecule has 0 aliphatic carbocycles. The fourth-order valence-corrected chi connectivity index (χ4v) is 5.70. The number of hydrogen-bond donors (Lipinski definition) is 1. The minimum atomic E-state index is -4.02. The number of aryl methyl sites for hydroxylation is 1. The number of likely N-dealkylation sites (N-methyl/N-ethyl adjacent to an activating group) is 1. The zero-order valence-electron chi connectivity index (χ0n) is 20.9. The largest absolute Gasteiger partial charge is 0.493 e. The first-order valence-corrected chi connectivity index (χ1v) is 13.6. The lowest BCUT2D eigenvalue weighted by molar-refractivity contribution is 0.208. The molecule has 1 fully saturated rings. The molecule has 1 aliphatic heterocycles. The van der Waals surface area contributed by atoms with Crippen molar-refractivity contribution in [3.63, 3.8) is 0 Å². The minimum Gasteiger partial charge on any atom is -0.493 e. The molecule has 1 aliphatic rings. The second-order valence-corrected chi connectivity index (χ2v) is 10.9. The highest BCUT2D eigenvalue weighted by atomic mass is 35.5. The Hall–Kier alpha value is -2.94. The molecule has 0 unspecified atom stereocenters. The lowest BCUT2D eigenvalue weighted by Crippen LogP contribution is -2.21. The van der Waals surface area contributed by atoms with Gasteiger partial charge in [-0.05, 0) is 49.2 Å². The van der Waals surface area contributed by atoms with Crippen LogP contribution in [0.15, 0.2) is 59.5 Å². The SMILES string of the molecule is CCc1ccc(-c2cc(OC)c(OC)cc2S(=O)(=O)Nc2ccc(Cl)c(O[C@@H]3CCN(C)C3)c2)cc1. The van der Waals surface area contributed by atoms with Crippen molar-refractivity contribution in [3.8, 4) is 28.4 Å². The smallest absolute Gasteiger partial charge is 0.262 e. The summed E-state index contributed by atoms with van der Waals surface area (Å²) in [6.45, 7) is 3.80. The Morgan fingerprint density at radius 1 is 1.00 bits per heavy atom. The topological polar surface area (TPSA) is 77.1 Å². The van der Waals surface area contributed by atoms with Gasteiger partial charge in [-0.1, -0.05) is 42.8 Å². The number of hydrogen-bond acceptors (Lipinski definition) is 6.